The summed E-state index contributed by atoms with van der Waals surface area (Å²) in [4.78, 5) is 5.37. The quantitative estimate of drug-likeness (QED) is 0.724. The zero-order valence-corrected chi connectivity index (χ0v) is 15.4. The van der Waals surface area contributed by atoms with E-state index in [9.17, 15) is 0 Å². The topological polar surface area (TPSA) is 28.9 Å². The van der Waals surface area contributed by atoms with Crippen LogP contribution in [0.2, 0.25) is 0 Å². The second kappa shape index (κ2) is 6.71. The van der Waals surface area contributed by atoms with Crippen molar-refractivity contribution in [1.82, 2.24) is 9.80 Å². The first-order chi connectivity index (χ1) is 12.3. The molecule has 2 aliphatic carbocycles. The number of hydrogen-bond donors (Lipinski definition) is 0. The lowest BCUT2D eigenvalue weighted by molar-refractivity contribution is 0.0553. The van der Waals surface area contributed by atoms with Gasteiger partial charge < -0.3 is 14.1 Å². The van der Waals surface area contributed by atoms with Crippen LogP contribution in [0.5, 0.6) is 0 Å². The fourth-order valence-electron chi connectivity index (χ4n) is 5.04. The van der Waals surface area contributed by atoms with Crippen LogP contribution in [-0.2, 0) is 11.3 Å². The summed E-state index contributed by atoms with van der Waals surface area (Å²) in [6, 6.07) is 4.11. The normalized spacial score (nSPS) is 33.7. The predicted molar refractivity (Wildman–Crippen MR) is 97.2 cm³/mol. The van der Waals surface area contributed by atoms with Crippen LogP contribution in [0.4, 0.5) is 0 Å². The molecule has 4 fully saturated rings. The van der Waals surface area contributed by atoms with E-state index in [1.54, 1.807) is 6.26 Å². The van der Waals surface area contributed by atoms with Crippen LogP contribution in [0.25, 0.3) is 0 Å². The van der Waals surface area contributed by atoms with E-state index < -0.39 is 0 Å². The molecule has 1 aromatic heterocycles. The van der Waals surface area contributed by atoms with Gasteiger partial charge in [0.25, 0.3) is 0 Å². The molecule has 0 N–H and O–H groups in total. The highest BCUT2D eigenvalue weighted by Crippen LogP contribution is 2.46. The van der Waals surface area contributed by atoms with Crippen molar-refractivity contribution in [3.63, 3.8) is 0 Å². The minimum atomic E-state index is 0.449. The van der Waals surface area contributed by atoms with Gasteiger partial charge in [-0.1, -0.05) is 0 Å². The minimum absolute atomic E-state index is 0.449. The highest BCUT2D eigenvalue weighted by atomic mass is 16.5. The average Bonchev–Trinajstić information content (AvgIpc) is 3.47. The number of furan rings is 1. The molecule has 1 aromatic rings. The maximum Gasteiger partial charge on any atom is 0.117 e. The molecule has 2 aliphatic heterocycles. The van der Waals surface area contributed by atoms with Crippen LogP contribution in [0, 0.1) is 23.2 Å². The van der Waals surface area contributed by atoms with Crippen LogP contribution in [0.3, 0.4) is 0 Å². The van der Waals surface area contributed by atoms with E-state index >= 15 is 0 Å². The summed E-state index contributed by atoms with van der Waals surface area (Å²) in [5.41, 5.74) is 0.449. The van der Waals surface area contributed by atoms with Gasteiger partial charge in [-0.15, -0.1) is 0 Å². The largest absolute Gasteiger partial charge is 0.468 e. The Morgan fingerprint density at radius 3 is 2.68 bits per heavy atom. The van der Waals surface area contributed by atoms with Gasteiger partial charge in [0.15, 0.2) is 0 Å². The molecular weight excluding hydrogens is 312 g/mol. The first-order valence-electron chi connectivity index (χ1n) is 10.3. The molecule has 4 nitrogen and oxygen atoms in total. The molecule has 25 heavy (non-hydrogen) atoms. The van der Waals surface area contributed by atoms with Gasteiger partial charge in [0.05, 0.1) is 19.4 Å². The van der Waals surface area contributed by atoms with E-state index in [1.165, 1.54) is 64.8 Å². The van der Waals surface area contributed by atoms with E-state index in [4.69, 9.17) is 9.15 Å². The molecule has 0 amide bonds. The molecule has 0 radical (unpaired) electrons. The third-order valence-electron chi connectivity index (χ3n) is 6.89. The lowest BCUT2D eigenvalue weighted by atomic mass is 9.77. The molecule has 3 heterocycles. The SMILES string of the molecule is c1coc(CN2CC[C@@]3(C2)CN(CC2CC2)C[C@H]3COCC2CC2)c1. The van der Waals surface area contributed by atoms with E-state index in [0.29, 0.717) is 11.3 Å². The molecule has 2 saturated carbocycles. The lowest BCUT2D eigenvalue weighted by Gasteiger charge is -2.30. The molecule has 4 aliphatic rings. The van der Waals surface area contributed by atoms with Gasteiger partial charge in [-0.25, -0.2) is 0 Å². The third kappa shape index (κ3) is 3.81. The molecule has 1 spiro atoms. The molecule has 0 bridgehead atoms. The van der Waals surface area contributed by atoms with Crippen LogP contribution < -0.4 is 0 Å². The minimum Gasteiger partial charge on any atom is -0.468 e. The fourth-order valence-corrected chi connectivity index (χ4v) is 5.04. The van der Waals surface area contributed by atoms with Gasteiger partial charge >= 0.3 is 0 Å². The van der Waals surface area contributed by atoms with E-state index in [2.05, 4.69) is 15.9 Å². The van der Waals surface area contributed by atoms with Crippen LogP contribution in [-0.4, -0.2) is 55.7 Å². The van der Waals surface area contributed by atoms with Crippen LogP contribution in [0.1, 0.15) is 37.9 Å². The first kappa shape index (κ1) is 16.3. The summed E-state index contributed by atoms with van der Waals surface area (Å²) in [5, 5.41) is 0. The van der Waals surface area contributed by atoms with Crippen molar-refractivity contribution >= 4 is 0 Å². The van der Waals surface area contributed by atoms with Gasteiger partial charge in [-0.3, -0.25) is 4.90 Å². The highest BCUT2D eigenvalue weighted by molar-refractivity contribution is 5.05. The van der Waals surface area contributed by atoms with Gasteiger partial charge in [0.2, 0.25) is 0 Å². The third-order valence-corrected chi connectivity index (χ3v) is 6.89. The van der Waals surface area contributed by atoms with Gasteiger partial charge in [0.1, 0.15) is 5.76 Å². The van der Waals surface area contributed by atoms with Crippen molar-refractivity contribution in [1.29, 1.82) is 0 Å². The Morgan fingerprint density at radius 1 is 1.08 bits per heavy atom. The highest BCUT2D eigenvalue weighted by Gasteiger charge is 2.50. The lowest BCUT2D eigenvalue weighted by Crippen LogP contribution is -2.36. The van der Waals surface area contributed by atoms with Gasteiger partial charge in [-0.2, -0.15) is 0 Å². The monoisotopic (exact) mass is 344 g/mol. The number of rotatable bonds is 8. The maximum atomic E-state index is 6.17. The van der Waals surface area contributed by atoms with Crippen molar-refractivity contribution in [3.05, 3.63) is 24.2 Å². The molecule has 5 rings (SSSR count). The summed E-state index contributed by atoms with van der Waals surface area (Å²) >= 11 is 0. The Hall–Kier alpha value is -0.840. The molecule has 0 aromatic carbocycles. The maximum absolute atomic E-state index is 6.17. The Bertz CT molecular complexity index is 566. The number of ether oxygens (including phenoxy) is 1. The molecule has 2 atom stereocenters. The standard InChI is InChI=1S/C21H32N2O2/c1-2-20(25-9-1)12-22-8-7-21(15-22)16-23(10-17-3-4-17)11-19(21)14-24-13-18-5-6-18/h1-2,9,17-19H,3-8,10-16H2/t19-,21+/m0/s1. The average molecular weight is 344 g/mol. The van der Waals surface area contributed by atoms with E-state index in [-0.39, 0.29) is 0 Å². The first-order valence-corrected chi connectivity index (χ1v) is 10.3. The molecular formula is C21H32N2O2. The van der Waals surface area contributed by atoms with Crippen molar-refractivity contribution in [2.24, 2.45) is 23.2 Å². The Labute approximate surface area is 151 Å². The summed E-state index contributed by atoms with van der Waals surface area (Å²) in [6.07, 6.45) is 8.81. The summed E-state index contributed by atoms with van der Waals surface area (Å²) < 4.78 is 11.8. The second-order valence-corrected chi connectivity index (χ2v) is 9.22. The molecule has 0 unspecified atom stereocenters. The fraction of sp³-hybridized carbons (Fsp3) is 0.810. The summed E-state index contributed by atoms with van der Waals surface area (Å²) in [6.45, 7) is 9.25. The zero-order valence-electron chi connectivity index (χ0n) is 15.4. The molecule has 4 heteroatoms. The molecule has 138 valence electrons. The van der Waals surface area contributed by atoms with Gasteiger partial charge in [0, 0.05) is 44.1 Å². The predicted octanol–water partition coefficient (Wildman–Crippen LogP) is 3.24. The van der Waals surface area contributed by atoms with Crippen molar-refractivity contribution < 1.29 is 9.15 Å². The van der Waals surface area contributed by atoms with Gasteiger partial charge in [-0.05, 0) is 62.6 Å². The Balaban J connectivity index is 1.22. The number of hydrogen-bond acceptors (Lipinski definition) is 4. The van der Waals surface area contributed by atoms with E-state index in [1.807, 2.05) is 6.07 Å². The zero-order chi connectivity index (χ0) is 16.7. The van der Waals surface area contributed by atoms with Crippen LogP contribution in [0.15, 0.2) is 22.8 Å². The Kier molecular flexibility index (Phi) is 4.39. The number of likely N-dealkylation sites (tertiary alicyclic amines) is 2. The summed E-state index contributed by atoms with van der Waals surface area (Å²) in [7, 11) is 0. The molecule has 2 saturated heterocycles. The van der Waals surface area contributed by atoms with Crippen molar-refractivity contribution in [3.8, 4) is 0 Å². The van der Waals surface area contributed by atoms with Crippen molar-refractivity contribution in [2.75, 3.05) is 45.9 Å². The second-order valence-electron chi connectivity index (χ2n) is 9.22. The smallest absolute Gasteiger partial charge is 0.117 e. The Morgan fingerprint density at radius 2 is 1.92 bits per heavy atom. The van der Waals surface area contributed by atoms with Crippen molar-refractivity contribution in [2.45, 2.75) is 38.6 Å². The number of nitrogens with zero attached hydrogens (tertiary/aromatic N) is 2. The van der Waals surface area contributed by atoms with Crippen LogP contribution >= 0.6 is 0 Å². The summed E-state index contributed by atoms with van der Waals surface area (Å²) in [5.74, 6) is 3.68. The van der Waals surface area contributed by atoms with E-state index in [0.717, 1.165) is 37.4 Å².